The molecule has 0 spiro atoms. The highest BCUT2D eigenvalue weighted by atomic mass is 32.3. The quantitative estimate of drug-likeness (QED) is 0.0995. The van der Waals surface area contributed by atoms with Crippen molar-refractivity contribution in [3.63, 3.8) is 0 Å². The second kappa shape index (κ2) is 23.1. The number of para-hydroxylation sites is 2. The van der Waals surface area contributed by atoms with Crippen LogP contribution in [0.3, 0.4) is 0 Å². The van der Waals surface area contributed by atoms with Crippen molar-refractivity contribution in [1.29, 1.82) is 0 Å². The number of benzene rings is 5. The van der Waals surface area contributed by atoms with Crippen LogP contribution >= 0.6 is 27.2 Å². The number of hydrogen-bond donors (Lipinski definition) is 1. The van der Waals surface area contributed by atoms with Gasteiger partial charge in [0.2, 0.25) is 0 Å². The van der Waals surface area contributed by atoms with E-state index in [4.69, 9.17) is 22.6 Å². The highest BCUT2D eigenvalue weighted by Crippen LogP contribution is 2.64. The summed E-state index contributed by atoms with van der Waals surface area (Å²) >= 11 is 0. The maximum absolute atomic E-state index is 11.2. The minimum atomic E-state index is -2.27. The Hall–Kier alpha value is -4.51. The molecule has 0 aromatic heterocycles. The van der Waals surface area contributed by atoms with Gasteiger partial charge in [-0.25, -0.2) is 0 Å². The van der Waals surface area contributed by atoms with Gasteiger partial charge in [0.15, 0.2) is 0 Å². The van der Waals surface area contributed by atoms with Gasteiger partial charge >= 0.3 is 17.2 Å². The molecule has 0 saturated carbocycles. The van der Waals surface area contributed by atoms with E-state index < -0.39 is 27.2 Å². The molecule has 64 heavy (non-hydrogen) atoms. The van der Waals surface area contributed by atoms with Crippen LogP contribution in [0.1, 0.15) is 120 Å². The fourth-order valence-corrected chi connectivity index (χ4v) is 11.4. The van der Waals surface area contributed by atoms with Crippen molar-refractivity contribution in [2.24, 2.45) is 5.92 Å². The van der Waals surface area contributed by atoms with E-state index in [0.717, 1.165) is 61.1 Å². The van der Waals surface area contributed by atoms with Gasteiger partial charge in [0.1, 0.15) is 28.7 Å². The molecule has 1 N–H and O–H groups in total. The molecule has 1 aliphatic carbocycles. The molecule has 1 atom stereocenters. The first-order valence-electron chi connectivity index (χ1n) is 22.3. The fraction of sp³-hybridized carbons (Fsp3) is 0.345. The third-order valence-corrected chi connectivity index (χ3v) is 15.6. The monoisotopic (exact) mass is 920 g/mol. The fourth-order valence-electron chi connectivity index (χ4n) is 7.22. The van der Waals surface area contributed by atoms with Crippen LogP contribution < -0.4 is 22.6 Å². The molecule has 1 aliphatic rings. The van der Waals surface area contributed by atoms with Crippen LogP contribution in [-0.4, -0.2) is 17.4 Å². The van der Waals surface area contributed by atoms with Crippen LogP contribution in [0.4, 0.5) is 0 Å². The molecule has 6 rings (SSSR count). The zero-order valence-electron chi connectivity index (χ0n) is 40.4. The summed E-state index contributed by atoms with van der Waals surface area (Å²) < 4.78 is 32.7. The SMILES string of the molecule is CC1=CC=C(C(C)C)C=CC1.Cc1ccc(C(C)C)c(OP(O)Oc2ccccc2S(C)(C)c2ccccc2OP(Oc2cc(C)ccc2C(C)C)Oc2cc(C)ccc2C(C)C)c1. The van der Waals surface area contributed by atoms with Crippen LogP contribution in [0, 0.1) is 26.7 Å². The Morgan fingerprint density at radius 1 is 0.484 bits per heavy atom. The average molecular weight is 921 g/mol. The first-order chi connectivity index (χ1) is 30.3. The largest absolute Gasteiger partial charge is 0.530 e. The second-order valence-electron chi connectivity index (χ2n) is 18.2. The molecule has 0 heterocycles. The van der Waals surface area contributed by atoms with Gasteiger partial charge in [0.05, 0.1) is 0 Å². The molecule has 5 aromatic carbocycles. The summed E-state index contributed by atoms with van der Waals surface area (Å²) in [6.07, 6.45) is 14.4. The van der Waals surface area contributed by atoms with E-state index >= 15 is 0 Å². The standard InChI is InChI=1S/C44H54O6P2S.C11H16/c1-29(2)35-23-20-32(7)26-40(35)47-51(45)46-38-16-12-14-18-43(38)53(10,11)44-19-15-13-17-39(44)48-52(49-41-27-33(8)21-24-36(41)30(3)4)50-42-28-34(9)22-25-37(42)31(5)6;1-9(2)11-6-4-5-10(3)7-8-11/h12-31,45H,1-11H3;4,6-9H,5H2,1-3H3. The predicted molar refractivity (Wildman–Crippen MR) is 274 cm³/mol. The van der Waals surface area contributed by atoms with Gasteiger partial charge in [-0.15, -0.1) is 0 Å². The van der Waals surface area contributed by atoms with Gasteiger partial charge in [-0.3, -0.25) is 0 Å². The summed E-state index contributed by atoms with van der Waals surface area (Å²) in [6.45, 7) is 25.6. The van der Waals surface area contributed by atoms with Crippen LogP contribution in [0.2, 0.25) is 0 Å². The number of aryl methyl sites for hydroxylation is 3. The summed E-state index contributed by atoms with van der Waals surface area (Å²) in [7, 11) is -6.04. The molecule has 9 heteroatoms. The molecule has 0 amide bonds. The number of hydrogen-bond acceptors (Lipinski definition) is 6. The van der Waals surface area contributed by atoms with Gasteiger partial charge in [0.25, 0.3) is 0 Å². The first-order valence-corrected chi connectivity index (χ1v) is 27.0. The van der Waals surface area contributed by atoms with Crippen molar-refractivity contribution >= 4 is 27.2 Å². The summed E-state index contributed by atoms with van der Waals surface area (Å²) in [6, 6.07) is 34.5. The van der Waals surface area contributed by atoms with Gasteiger partial charge in [-0.1, -0.05) is 146 Å². The third kappa shape index (κ3) is 13.8. The van der Waals surface area contributed by atoms with Crippen LogP contribution in [0.5, 0.6) is 28.7 Å². The van der Waals surface area contributed by atoms with Crippen molar-refractivity contribution in [3.05, 3.63) is 172 Å². The molecule has 5 aromatic rings. The topological polar surface area (TPSA) is 66.4 Å². The van der Waals surface area contributed by atoms with Crippen molar-refractivity contribution < 1.29 is 27.5 Å². The second-order valence-corrected chi connectivity index (χ2v) is 23.5. The lowest BCUT2D eigenvalue weighted by molar-refractivity contribution is 0.375. The maximum atomic E-state index is 11.2. The number of rotatable bonds is 16. The van der Waals surface area contributed by atoms with Crippen molar-refractivity contribution in [3.8, 4) is 28.7 Å². The third-order valence-electron chi connectivity index (χ3n) is 11.0. The molecular formula is C55H70O6P2S. The lowest BCUT2D eigenvalue weighted by Crippen LogP contribution is -2.08. The van der Waals surface area contributed by atoms with E-state index in [1.807, 2.05) is 55.5 Å². The van der Waals surface area contributed by atoms with Crippen molar-refractivity contribution in [1.82, 2.24) is 0 Å². The van der Waals surface area contributed by atoms with E-state index in [-0.39, 0.29) is 17.8 Å². The number of allylic oxidation sites excluding steroid dienone is 6. The van der Waals surface area contributed by atoms with Gasteiger partial charge in [-0.2, -0.15) is 10.0 Å². The lowest BCUT2D eigenvalue weighted by atomic mass is 10.0. The van der Waals surface area contributed by atoms with Gasteiger partial charge in [0, 0.05) is 9.79 Å². The Morgan fingerprint density at radius 3 is 1.31 bits per heavy atom. The smallest absolute Gasteiger partial charge is 0.418 e. The van der Waals surface area contributed by atoms with Gasteiger partial charge < -0.3 is 27.5 Å². The average Bonchev–Trinajstić information content (AvgIpc) is 3.45. The molecule has 0 radical (unpaired) electrons. The molecule has 1 unspecified atom stereocenters. The Balaban J connectivity index is 0.000000611. The Labute approximate surface area is 389 Å². The van der Waals surface area contributed by atoms with Crippen LogP contribution in [0.15, 0.2) is 148 Å². The summed E-state index contributed by atoms with van der Waals surface area (Å²) in [5.41, 5.74) is 9.30. The van der Waals surface area contributed by atoms with Gasteiger partial charge in [-0.05, 0) is 152 Å². The van der Waals surface area contributed by atoms with E-state index in [1.54, 1.807) is 0 Å². The summed E-state index contributed by atoms with van der Waals surface area (Å²) in [4.78, 5) is 13.1. The van der Waals surface area contributed by atoms with E-state index in [1.165, 1.54) is 11.1 Å². The molecule has 0 saturated heterocycles. The maximum Gasteiger partial charge on any atom is 0.530 e. The minimum absolute atomic E-state index is 0.227. The molecule has 0 bridgehead atoms. The lowest BCUT2D eigenvalue weighted by Gasteiger charge is -2.35. The van der Waals surface area contributed by atoms with E-state index in [9.17, 15) is 4.89 Å². The predicted octanol–water partition coefficient (Wildman–Crippen LogP) is 17.4. The van der Waals surface area contributed by atoms with Crippen molar-refractivity contribution in [2.75, 3.05) is 12.5 Å². The summed E-state index contributed by atoms with van der Waals surface area (Å²) in [5, 5.41) is 0. The molecule has 0 fully saturated rings. The minimum Gasteiger partial charge on any atom is -0.418 e. The van der Waals surface area contributed by atoms with Crippen molar-refractivity contribution in [2.45, 2.75) is 117 Å². The Kier molecular flexibility index (Phi) is 18.2. The first kappa shape index (κ1) is 50.5. The summed E-state index contributed by atoms with van der Waals surface area (Å²) in [5.74, 6) is 4.71. The molecule has 0 aliphatic heterocycles. The van der Waals surface area contributed by atoms with E-state index in [2.05, 4.69) is 168 Å². The highest BCUT2D eigenvalue weighted by molar-refractivity contribution is 8.32. The molecule has 342 valence electrons. The Morgan fingerprint density at radius 2 is 0.875 bits per heavy atom. The Bertz CT molecular complexity index is 2370. The zero-order chi connectivity index (χ0) is 46.7. The zero-order valence-corrected chi connectivity index (χ0v) is 43.0. The normalized spacial score (nSPS) is 13.6. The van der Waals surface area contributed by atoms with Crippen LogP contribution in [0.25, 0.3) is 0 Å². The van der Waals surface area contributed by atoms with E-state index in [0.29, 0.717) is 23.2 Å². The highest BCUT2D eigenvalue weighted by Gasteiger charge is 2.31. The van der Waals surface area contributed by atoms with Crippen LogP contribution in [-0.2, 0) is 0 Å². The molecule has 6 nitrogen and oxygen atoms in total. The molecular weight excluding hydrogens is 851 g/mol.